The summed E-state index contributed by atoms with van der Waals surface area (Å²) in [5.41, 5.74) is 0.983. The Morgan fingerprint density at radius 2 is 2.00 bits per heavy atom. The van der Waals surface area contributed by atoms with Crippen molar-refractivity contribution in [2.24, 2.45) is 0 Å². The molecule has 1 fully saturated rings. The summed E-state index contributed by atoms with van der Waals surface area (Å²) in [5.74, 6) is 1.18. The fourth-order valence-corrected chi connectivity index (χ4v) is 5.97. The molecule has 0 unspecified atom stereocenters. The summed E-state index contributed by atoms with van der Waals surface area (Å²) in [6.07, 6.45) is 0.524. The molecule has 7 nitrogen and oxygen atoms in total. The fraction of sp³-hybridized carbons (Fsp3) is 0.500. The maximum atomic E-state index is 12.7. The van der Waals surface area contributed by atoms with Crippen LogP contribution in [0.5, 0.6) is 0 Å². The third-order valence-electron chi connectivity index (χ3n) is 4.70. The topological polar surface area (TPSA) is 85.2 Å². The lowest BCUT2D eigenvalue weighted by atomic mass is 10.2. The molecule has 27 heavy (non-hydrogen) atoms. The molecule has 3 rings (SSSR count). The van der Waals surface area contributed by atoms with E-state index >= 15 is 0 Å². The van der Waals surface area contributed by atoms with Crippen molar-refractivity contribution in [3.05, 3.63) is 30.3 Å². The molecule has 0 N–H and O–H groups in total. The summed E-state index contributed by atoms with van der Waals surface area (Å²) in [7, 11) is -3.02. The first-order valence-corrected chi connectivity index (χ1v) is 11.9. The minimum Gasteiger partial charge on any atom is -0.338 e. The number of sulfone groups is 1. The monoisotopic (exact) mass is 408 g/mol. The fourth-order valence-electron chi connectivity index (χ4n) is 3.35. The van der Waals surface area contributed by atoms with E-state index in [4.69, 9.17) is 0 Å². The van der Waals surface area contributed by atoms with E-state index in [0.717, 1.165) is 11.4 Å². The highest BCUT2D eigenvalue weighted by Gasteiger charge is 2.33. The molecule has 1 aliphatic heterocycles. The first-order chi connectivity index (χ1) is 12.9. The van der Waals surface area contributed by atoms with Gasteiger partial charge in [-0.05, 0) is 20.3 Å². The number of benzene rings is 1. The second-order valence-electron chi connectivity index (χ2n) is 6.44. The summed E-state index contributed by atoms with van der Waals surface area (Å²) >= 11 is 1.35. The summed E-state index contributed by atoms with van der Waals surface area (Å²) in [4.78, 5) is 14.4. The Labute approximate surface area is 164 Å². The maximum Gasteiger partial charge on any atom is 0.233 e. The number of hydrogen-bond donors (Lipinski definition) is 0. The van der Waals surface area contributed by atoms with Gasteiger partial charge in [-0.25, -0.2) is 8.42 Å². The van der Waals surface area contributed by atoms with Gasteiger partial charge >= 0.3 is 0 Å². The zero-order chi connectivity index (χ0) is 19.4. The Balaban J connectivity index is 1.69. The van der Waals surface area contributed by atoms with Crippen LogP contribution < -0.4 is 0 Å². The van der Waals surface area contributed by atoms with Crippen LogP contribution in [0.3, 0.4) is 0 Å². The molecule has 9 heteroatoms. The van der Waals surface area contributed by atoms with Gasteiger partial charge in [-0.15, -0.1) is 10.2 Å². The SMILES string of the molecule is CCN(C(=O)CSc1nnc(-c2ccccc2)n1CC)[C@@H]1CCS(=O)(=O)C1. The Morgan fingerprint density at radius 3 is 2.59 bits per heavy atom. The number of amides is 1. The van der Waals surface area contributed by atoms with Gasteiger partial charge in [0.05, 0.1) is 17.3 Å². The second kappa shape index (κ2) is 8.43. The van der Waals surface area contributed by atoms with Gasteiger partial charge < -0.3 is 9.47 Å². The predicted octanol–water partition coefficient (Wildman–Crippen LogP) is 2.09. The average Bonchev–Trinajstić information content (AvgIpc) is 3.24. The molecule has 0 saturated carbocycles. The molecular weight excluding hydrogens is 384 g/mol. The van der Waals surface area contributed by atoms with E-state index in [9.17, 15) is 13.2 Å². The first kappa shape index (κ1) is 19.9. The van der Waals surface area contributed by atoms with Crippen molar-refractivity contribution in [2.75, 3.05) is 23.8 Å². The minimum absolute atomic E-state index is 0.0588. The molecule has 1 saturated heterocycles. The highest BCUT2D eigenvalue weighted by Crippen LogP contribution is 2.25. The molecule has 2 heterocycles. The molecule has 1 atom stereocenters. The molecule has 0 radical (unpaired) electrons. The van der Waals surface area contributed by atoms with Gasteiger partial charge in [-0.3, -0.25) is 4.79 Å². The molecule has 1 aliphatic rings. The van der Waals surface area contributed by atoms with Crippen LogP contribution in [0.1, 0.15) is 20.3 Å². The number of carbonyl (C=O) groups is 1. The van der Waals surface area contributed by atoms with Crippen molar-refractivity contribution >= 4 is 27.5 Å². The molecule has 1 amide bonds. The standard InChI is InChI=1S/C18H24N4O3S2/c1-3-21(15-10-11-27(24,25)13-15)16(23)12-26-18-20-19-17(22(18)4-2)14-8-6-5-7-9-14/h5-9,15H,3-4,10-13H2,1-2H3/t15-/m1/s1. The van der Waals surface area contributed by atoms with E-state index in [1.165, 1.54) is 11.8 Å². The van der Waals surface area contributed by atoms with E-state index in [2.05, 4.69) is 10.2 Å². The van der Waals surface area contributed by atoms with Crippen LogP contribution in [-0.2, 0) is 21.2 Å². The molecule has 146 valence electrons. The number of nitrogens with zero attached hydrogens (tertiary/aromatic N) is 4. The van der Waals surface area contributed by atoms with Gasteiger partial charge in [-0.2, -0.15) is 0 Å². The van der Waals surface area contributed by atoms with Crippen molar-refractivity contribution in [1.29, 1.82) is 0 Å². The lowest BCUT2D eigenvalue weighted by Gasteiger charge is -2.26. The quantitative estimate of drug-likeness (QED) is 0.652. The number of carbonyl (C=O) groups excluding carboxylic acids is 1. The molecule has 0 spiro atoms. The van der Waals surface area contributed by atoms with Crippen molar-refractivity contribution in [3.63, 3.8) is 0 Å². The van der Waals surface area contributed by atoms with Crippen LogP contribution in [-0.4, -0.2) is 63.8 Å². The summed E-state index contributed by atoms with van der Waals surface area (Å²) in [6, 6.07) is 9.61. The largest absolute Gasteiger partial charge is 0.338 e. The van der Waals surface area contributed by atoms with Gasteiger partial charge in [0.2, 0.25) is 5.91 Å². The van der Waals surface area contributed by atoms with Gasteiger partial charge in [0, 0.05) is 24.7 Å². The average molecular weight is 409 g/mol. The summed E-state index contributed by atoms with van der Waals surface area (Å²) in [6.45, 7) is 5.11. The number of hydrogen-bond acceptors (Lipinski definition) is 6. The van der Waals surface area contributed by atoms with Crippen LogP contribution in [0.4, 0.5) is 0 Å². The van der Waals surface area contributed by atoms with E-state index < -0.39 is 9.84 Å². The van der Waals surface area contributed by atoms with Gasteiger partial charge in [-0.1, -0.05) is 42.1 Å². The molecule has 0 bridgehead atoms. The molecule has 0 aliphatic carbocycles. The summed E-state index contributed by atoms with van der Waals surface area (Å²) < 4.78 is 25.4. The molecule has 1 aromatic carbocycles. The Morgan fingerprint density at radius 1 is 1.26 bits per heavy atom. The Bertz CT molecular complexity index is 897. The lowest BCUT2D eigenvalue weighted by Crippen LogP contribution is -2.42. The third-order valence-corrected chi connectivity index (χ3v) is 7.40. The summed E-state index contributed by atoms with van der Waals surface area (Å²) in [5, 5.41) is 9.23. The first-order valence-electron chi connectivity index (χ1n) is 9.06. The highest BCUT2D eigenvalue weighted by atomic mass is 32.2. The lowest BCUT2D eigenvalue weighted by molar-refractivity contribution is -0.129. The van der Waals surface area contributed by atoms with Gasteiger partial charge in [0.25, 0.3) is 0 Å². The van der Waals surface area contributed by atoms with Gasteiger partial charge in [0.15, 0.2) is 20.8 Å². The zero-order valence-corrected chi connectivity index (χ0v) is 17.2. The molecular formula is C18H24N4O3S2. The van der Waals surface area contributed by atoms with Gasteiger partial charge in [0.1, 0.15) is 0 Å². The van der Waals surface area contributed by atoms with E-state index in [1.807, 2.05) is 48.7 Å². The maximum absolute atomic E-state index is 12.7. The van der Waals surface area contributed by atoms with Crippen molar-refractivity contribution in [3.8, 4) is 11.4 Å². The third kappa shape index (κ3) is 4.52. The van der Waals surface area contributed by atoms with E-state index in [1.54, 1.807) is 4.90 Å². The molecule has 2 aromatic rings. The van der Waals surface area contributed by atoms with Crippen LogP contribution in [0.2, 0.25) is 0 Å². The van der Waals surface area contributed by atoms with E-state index in [-0.39, 0.29) is 29.2 Å². The number of rotatable bonds is 7. The normalized spacial score (nSPS) is 18.5. The second-order valence-corrected chi connectivity index (χ2v) is 9.61. The Kier molecular flexibility index (Phi) is 6.21. The van der Waals surface area contributed by atoms with Crippen LogP contribution in [0.25, 0.3) is 11.4 Å². The van der Waals surface area contributed by atoms with Crippen LogP contribution in [0.15, 0.2) is 35.5 Å². The smallest absolute Gasteiger partial charge is 0.233 e. The van der Waals surface area contributed by atoms with Crippen LogP contribution >= 0.6 is 11.8 Å². The molecule has 1 aromatic heterocycles. The minimum atomic E-state index is -3.02. The van der Waals surface area contributed by atoms with Crippen LogP contribution in [0, 0.1) is 0 Å². The van der Waals surface area contributed by atoms with Crippen molar-refractivity contribution in [1.82, 2.24) is 19.7 Å². The Hall–Kier alpha value is -1.87. The number of aromatic nitrogens is 3. The van der Waals surface area contributed by atoms with Crippen molar-refractivity contribution < 1.29 is 13.2 Å². The highest BCUT2D eigenvalue weighted by molar-refractivity contribution is 7.99. The zero-order valence-electron chi connectivity index (χ0n) is 15.5. The predicted molar refractivity (Wildman–Crippen MR) is 106 cm³/mol. The van der Waals surface area contributed by atoms with E-state index in [0.29, 0.717) is 24.7 Å². The van der Waals surface area contributed by atoms with Crippen molar-refractivity contribution in [2.45, 2.75) is 38.0 Å². The number of thioether (sulfide) groups is 1.